The van der Waals surface area contributed by atoms with Gasteiger partial charge in [0.15, 0.2) is 0 Å². The third kappa shape index (κ3) is 18.3. The van der Waals surface area contributed by atoms with Crippen LogP contribution in [0.4, 0.5) is 0 Å². The molecule has 0 saturated carbocycles. The number of hydrogen-bond donors (Lipinski definition) is 4. The van der Waals surface area contributed by atoms with E-state index in [-0.39, 0.29) is 26.4 Å². The zero-order valence-corrected chi connectivity index (χ0v) is 22.5. The Morgan fingerprint density at radius 2 is 1.37 bits per heavy atom. The van der Waals surface area contributed by atoms with Crippen LogP contribution in [0.5, 0.6) is 0 Å². The van der Waals surface area contributed by atoms with Crippen molar-refractivity contribution in [2.45, 2.75) is 45.1 Å². The van der Waals surface area contributed by atoms with Gasteiger partial charge in [-0.15, -0.1) is 0 Å². The summed E-state index contributed by atoms with van der Waals surface area (Å²) >= 11 is 0. The highest BCUT2D eigenvalue weighted by Crippen LogP contribution is 2.34. The number of hydrogen-bond acceptors (Lipinski definition) is 6. The predicted octanol–water partition coefficient (Wildman–Crippen LogP) is 3.39. The summed E-state index contributed by atoms with van der Waals surface area (Å²) in [5.74, 6) is 1.07. The van der Waals surface area contributed by atoms with E-state index in [0.29, 0.717) is 31.7 Å². The Bertz CT molecular complexity index is 752. The van der Waals surface area contributed by atoms with Crippen molar-refractivity contribution in [2.24, 2.45) is 5.92 Å². The predicted molar refractivity (Wildman–Crippen MR) is 134 cm³/mol. The summed E-state index contributed by atoms with van der Waals surface area (Å²) in [6.45, 7) is 5.50. The molecule has 0 aliphatic heterocycles. The molecule has 0 saturated heterocycles. The first-order chi connectivity index (χ1) is 16.5. The molecule has 0 fully saturated rings. The van der Waals surface area contributed by atoms with Gasteiger partial charge in [-0.25, -0.2) is 0 Å². The Hall–Kier alpha value is -0.640. The summed E-state index contributed by atoms with van der Waals surface area (Å²) in [6.07, 6.45) is 1.67. The summed E-state index contributed by atoms with van der Waals surface area (Å²) in [5.41, 5.74) is 1.32. The number of rotatable bonds is 21. The van der Waals surface area contributed by atoms with Crippen LogP contribution in [0.3, 0.4) is 0 Å². The van der Waals surface area contributed by atoms with Crippen molar-refractivity contribution in [2.75, 3.05) is 58.6 Å². The van der Waals surface area contributed by atoms with Gasteiger partial charge >= 0.3 is 15.2 Å². The molecule has 0 bridgehead atoms. The van der Waals surface area contributed by atoms with Gasteiger partial charge in [-0.05, 0) is 30.2 Å². The largest absolute Gasteiger partial charge is 0.379 e. The third-order valence-corrected chi connectivity index (χ3v) is 7.04. The van der Waals surface area contributed by atoms with Gasteiger partial charge in [0.25, 0.3) is 0 Å². The molecule has 1 aromatic carbocycles. The van der Waals surface area contributed by atoms with E-state index in [9.17, 15) is 9.13 Å². The molecule has 3 atom stereocenters. The van der Waals surface area contributed by atoms with Crippen LogP contribution in [0.25, 0.3) is 0 Å². The van der Waals surface area contributed by atoms with Crippen molar-refractivity contribution in [3.8, 4) is 0 Å². The van der Waals surface area contributed by atoms with Gasteiger partial charge in [-0.3, -0.25) is 9.13 Å². The molecule has 0 aromatic heterocycles. The molecule has 0 heterocycles. The van der Waals surface area contributed by atoms with Crippen molar-refractivity contribution in [1.82, 2.24) is 0 Å². The molecule has 0 aliphatic rings. The monoisotopic (exact) mass is 540 g/mol. The molecule has 1 aromatic rings. The lowest BCUT2D eigenvalue weighted by Gasteiger charge is -2.21. The van der Waals surface area contributed by atoms with Crippen LogP contribution in [-0.2, 0) is 28.1 Å². The van der Waals surface area contributed by atoms with Gasteiger partial charge in [0.1, 0.15) is 6.10 Å². The van der Waals surface area contributed by atoms with Crippen molar-refractivity contribution in [3.63, 3.8) is 0 Å². The maximum Gasteiger partial charge on any atom is 0.327 e. The smallest absolute Gasteiger partial charge is 0.327 e. The zero-order valence-electron chi connectivity index (χ0n) is 20.7. The van der Waals surface area contributed by atoms with Crippen LogP contribution in [0.1, 0.15) is 44.6 Å². The van der Waals surface area contributed by atoms with E-state index in [1.165, 1.54) is 5.56 Å². The molecule has 35 heavy (non-hydrogen) atoms. The zero-order chi connectivity index (χ0) is 26.2. The van der Waals surface area contributed by atoms with Gasteiger partial charge in [-0.2, -0.15) is 0 Å². The van der Waals surface area contributed by atoms with E-state index in [1.807, 2.05) is 6.07 Å². The highest BCUT2D eigenvalue weighted by Gasteiger charge is 2.18. The van der Waals surface area contributed by atoms with Gasteiger partial charge in [0, 0.05) is 6.61 Å². The Morgan fingerprint density at radius 1 is 0.800 bits per heavy atom. The maximum atomic E-state index is 11.0. The van der Waals surface area contributed by atoms with E-state index in [1.54, 1.807) is 0 Å². The van der Waals surface area contributed by atoms with E-state index in [2.05, 4.69) is 38.1 Å². The fourth-order valence-corrected chi connectivity index (χ4v) is 4.05. The van der Waals surface area contributed by atoms with Crippen molar-refractivity contribution < 1.29 is 47.7 Å². The van der Waals surface area contributed by atoms with Crippen LogP contribution in [0.15, 0.2) is 30.3 Å². The molecule has 4 N–H and O–H groups in total. The van der Waals surface area contributed by atoms with Crippen molar-refractivity contribution in [3.05, 3.63) is 35.9 Å². The van der Waals surface area contributed by atoms with Gasteiger partial charge in [-0.1, -0.05) is 50.6 Å². The van der Waals surface area contributed by atoms with Gasteiger partial charge < -0.3 is 38.5 Å². The van der Waals surface area contributed by atoms with Crippen LogP contribution in [0, 0.1) is 5.92 Å². The summed E-state index contributed by atoms with van der Waals surface area (Å²) < 4.78 is 43.9. The number of benzene rings is 1. The van der Waals surface area contributed by atoms with E-state index in [4.69, 9.17) is 38.5 Å². The summed E-state index contributed by atoms with van der Waals surface area (Å²) in [7, 11) is -8.35. The first-order valence-electron chi connectivity index (χ1n) is 12.0. The minimum atomic E-state index is -4.19. The molecule has 12 heteroatoms. The topological polar surface area (TPSA) is 152 Å². The molecule has 10 nitrogen and oxygen atoms in total. The van der Waals surface area contributed by atoms with Crippen LogP contribution < -0.4 is 0 Å². The fourth-order valence-electron chi connectivity index (χ4n) is 3.34. The maximum absolute atomic E-state index is 11.0. The van der Waals surface area contributed by atoms with Gasteiger partial charge in [0.05, 0.1) is 52.0 Å². The van der Waals surface area contributed by atoms with Crippen LogP contribution >= 0.6 is 15.2 Å². The first kappa shape index (κ1) is 32.4. The second-order valence-electron chi connectivity index (χ2n) is 8.68. The second-order valence-corrected chi connectivity index (χ2v) is 12.2. The van der Waals surface area contributed by atoms with E-state index >= 15 is 0 Å². The third-order valence-electron chi connectivity index (χ3n) is 5.51. The standard InChI is InChI=1S/C23H42O10P2/c1-3-20(2)17-22(21-7-5-4-6-8-21)9-10-30-11-12-31-18-23(33-14-16-35(27,28)29)19-32-13-15-34(24,25)26/h4-8,20,22-23H,3,9-19H2,1-2H3,(H2,24,25,26)(H2,27,28,29). The Kier molecular flexibility index (Phi) is 16.4. The molecule has 0 aliphatic carbocycles. The molecule has 0 spiro atoms. The average Bonchev–Trinajstić information content (AvgIpc) is 2.78. The van der Waals surface area contributed by atoms with E-state index < -0.39 is 33.6 Å². The lowest BCUT2D eigenvalue weighted by Crippen LogP contribution is -2.28. The lowest BCUT2D eigenvalue weighted by molar-refractivity contribution is -0.0623. The average molecular weight is 541 g/mol. The van der Waals surface area contributed by atoms with Crippen molar-refractivity contribution in [1.29, 1.82) is 0 Å². The molecule has 1 rings (SSSR count). The molecular formula is C23H42O10P2. The summed E-state index contributed by atoms with van der Waals surface area (Å²) in [6, 6.07) is 10.4. The quantitative estimate of drug-likeness (QED) is 0.135. The summed E-state index contributed by atoms with van der Waals surface area (Å²) in [4.78, 5) is 35.7. The Morgan fingerprint density at radius 3 is 1.97 bits per heavy atom. The molecule has 3 unspecified atom stereocenters. The highest BCUT2D eigenvalue weighted by atomic mass is 31.2. The van der Waals surface area contributed by atoms with Gasteiger partial charge in [0.2, 0.25) is 0 Å². The normalized spacial score (nSPS) is 15.1. The Labute approximate surface area is 208 Å². The molecule has 0 amide bonds. The lowest BCUT2D eigenvalue weighted by atomic mass is 9.86. The fraction of sp³-hybridized carbons (Fsp3) is 0.739. The molecule has 204 valence electrons. The SMILES string of the molecule is CCC(C)CC(CCOCCOCC(COCCP(=O)(O)O)OCCP(=O)(O)O)c1ccccc1. The van der Waals surface area contributed by atoms with Crippen LogP contribution in [-0.4, -0.2) is 84.2 Å². The number of ether oxygens (including phenoxy) is 4. The van der Waals surface area contributed by atoms with E-state index in [0.717, 1.165) is 19.3 Å². The van der Waals surface area contributed by atoms with Crippen LogP contribution in [0.2, 0.25) is 0 Å². The van der Waals surface area contributed by atoms with Crippen molar-refractivity contribution >= 4 is 15.2 Å². The minimum Gasteiger partial charge on any atom is -0.379 e. The first-order valence-corrected chi connectivity index (χ1v) is 15.6. The molecule has 0 radical (unpaired) electrons. The second kappa shape index (κ2) is 17.8. The summed E-state index contributed by atoms with van der Waals surface area (Å²) in [5, 5.41) is 0. The highest BCUT2D eigenvalue weighted by molar-refractivity contribution is 7.52. The Balaban J connectivity index is 2.35. The molecular weight excluding hydrogens is 498 g/mol. The minimum absolute atomic E-state index is 0.0175.